The summed E-state index contributed by atoms with van der Waals surface area (Å²) in [6.45, 7) is 0.377. The molecule has 0 atom stereocenters. The molecule has 3 aromatic rings. The number of nitrogens with one attached hydrogen (secondary N) is 1. The lowest BCUT2D eigenvalue weighted by molar-refractivity contribution is 0.0951. The molecular formula is C12H9ClN6OS. The average Bonchev–Trinajstić information content (AvgIpc) is 3.18. The zero-order valence-electron chi connectivity index (χ0n) is 10.6. The number of thiazole rings is 1. The van der Waals surface area contributed by atoms with Crippen LogP contribution in [0.4, 0.5) is 0 Å². The van der Waals surface area contributed by atoms with Gasteiger partial charge >= 0.3 is 0 Å². The first-order chi connectivity index (χ1) is 10.2. The Kier molecular flexibility index (Phi) is 3.89. The van der Waals surface area contributed by atoms with Crippen LogP contribution in [0.2, 0.25) is 5.02 Å². The van der Waals surface area contributed by atoms with Crippen molar-refractivity contribution in [1.29, 1.82) is 0 Å². The van der Waals surface area contributed by atoms with Gasteiger partial charge in [-0.05, 0) is 28.6 Å². The summed E-state index contributed by atoms with van der Waals surface area (Å²) < 4.78 is 1.46. The lowest BCUT2D eigenvalue weighted by atomic mass is 10.2. The van der Waals surface area contributed by atoms with Crippen molar-refractivity contribution < 1.29 is 4.79 Å². The molecule has 0 aliphatic heterocycles. The minimum Gasteiger partial charge on any atom is -0.345 e. The van der Waals surface area contributed by atoms with E-state index in [2.05, 4.69) is 25.8 Å². The van der Waals surface area contributed by atoms with Crippen LogP contribution in [0.25, 0.3) is 5.69 Å². The minimum atomic E-state index is -0.251. The van der Waals surface area contributed by atoms with Gasteiger partial charge in [0.25, 0.3) is 5.91 Å². The van der Waals surface area contributed by atoms with Crippen LogP contribution in [-0.2, 0) is 6.54 Å². The third-order valence-corrected chi connectivity index (χ3v) is 3.79. The summed E-state index contributed by atoms with van der Waals surface area (Å²) in [5, 5.41) is 16.7. The Labute approximate surface area is 128 Å². The van der Waals surface area contributed by atoms with E-state index in [0.717, 1.165) is 5.01 Å². The summed E-state index contributed by atoms with van der Waals surface area (Å²) in [5.74, 6) is -0.251. The van der Waals surface area contributed by atoms with Crippen molar-refractivity contribution >= 4 is 28.8 Å². The summed E-state index contributed by atoms with van der Waals surface area (Å²) in [6.07, 6.45) is 3.15. The van der Waals surface area contributed by atoms with Gasteiger partial charge in [-0.15, -0.1) is 16.4 Å². The number of carbonyl (C=O) groups excluding carboxylic acids is 1. The molecule has 0 spiro atoms. The normalized spacial score (nSPS) is 10.5. The summed E-state index contributed by atoms with van der Waals surface area (Å²) in [4.78, 5) is 16.2. The van der Waals surface area contributed by atoms with Crippen molar-refractivity contribution in [2.75, 3.05) is 0 Å². The van der Waals surface area contributed by atoms with Crippen LogP contribution in [0.15, 0.2) is 36.1 Å². The lowest BCUT2D eigenvalue weighted by Crippen LogP contribution is -2.23. The summed E-state index contributed by atoms with van der Waals surface area (Å²) in [5.41, 5.74) is 1.08. The van der Waals surface area contributed by atoms with E-state index in [1.807, 2.05) is 5.38 Å². The van der Waals surface area contributed by atoms with Crippen LogP contribution in [0.5, 0.6) is 0 Å². The van der Waals surface area contributed by atoms with Crippen molar-refractivity contribution in [2.45, 2.75) is 6.54 Å². The van der Waals surface area contributed by atoms with Gasteiger partial charge in [0.15, 0.2) is 0 Å². The molecular weight excluding hydrogens is 312 g/mol. The number of halogens is 1. The van der Waals surface area contributed by atoms with Gasteiger partial charge in [0.1, 0.15) is 11.3 Å². The molecule has 0 radical (unpaired) electrons. The largest absolute Gasteiger partial charge is 0.345 e. The van der Waals surface area contributed by atoms with Gasteiger partial charge in [-0.2, -0.15) is 0 Å². The lowest BCUT2D eigenvalue weighted by Gasteiger charge is -2.07. The number of tetrazole rings is 1. The number of rotatable bonds is 4. The second-order valence-electron chi connectivity index (χ2n) is 4.03. The quantitative estimate of drug-likeness (QED) is 0.790. The maximum atomic E-state index is 12.1. The number of carbonyl (C=O) groups is 1. The van der Waals surface area contributed by atoms with Crippen molar-refractivity contribution in [3.05, 3.63) is 51.7 Å². The van der Waals surface area contributed by atoms with E-state index < -0.39 is 0 Å². The van der Waals surface area contributed by atoms with Crippen molar-refractivity contribution in [3.63, 3.8) is 0 Å². The number of hydrogen-bond acceptors (Lipinski definition) is 6. The highest BCUT2D eigenvalue weighted by molar-refractivity contribution is 7.09. The molecule has 1 aromatic carbocycles. The Hall–Kier alpha value is -2.32. The number of benzene rings is 1. The van der Waals surface area contributed by atoms with Gasteiger partial charge in [0.2, 0.25) is 0 Å². The molecule has 106 valence electrons. The first-order valence-electron chi connectivity index (χ1n) is 5.93. The monoisotopic (exact) mass is 320 g/mol. The van der Waals surface area contributed by atoms with E-state index in [1.54, 1.807) is 24.4 Å². The maximum absolute atomic E-state index is 12.1. The van der Waals surface area contributed by atoms with Gasteiger partial charge in [-0.25, -0.2) is 9.67 Å². The van der Waals surface area contributed by atoms with E-state index in [1.165, 1.54) is 22.3 Å². The summed E-state index contributed by atoms with van der Waals surface area (Å²) >= 11 is 7.63. The van der Waals surface area contributed by atoms with Crippen LogP contribution >= 0.6 is 22.9 Å². The zero-order chi connectivity index (χ0) is 14.7. The van der Waals surface area contributed by atoms with Gasteiger partial charge in [0.05, 0.1) is 22.8 Å². The second kappa shape index (κ2) is 5.98. The number of amides is 1. The molecule has 7 nitrogen and oxygen atoms in total. The van der Waals surface area contributed by atoms with Gasteiger partial charge in [0, 0.05) is 11.6 Å². The topological polar surface area (TPSA) is 85.6 Å². The molecule has 0 fully saturated rings. The fourth-order valence-electron chi connectivity index (χ4n) is 1.70. The van der Waals surface area contributed by atoms with E-state index in [0.29, 0.717) is 22.8 Å². The molecule has 2 aromatic heterocycles. The van der Waals surface area contributed by atoms with E-state index in [9.17, 15) is 4.79 Å². The van der Waals surface area contributed by atoms with Crippen molar-refractivity contribution in [2.24, 2.45) is 0 Å². The Morgan fingerprint density at radius 3 is 3.00 bits per heavy atom. The summed E-state index contributed by atoms with van der Waals surface area (Å²) in [6, 6.07) is 4.99. The fourth-order valence-corrected chi connectivity index (χ4v) is 2.52. The second-order valence-corrected chi connectivity index (χ2v) is 5.41. The van der Waals surface area contributed by atoms with E-state index in [4.69, 9.17) is 11.6 Å². The highest BCUT2D eigenvalue weighted by Crippen LogP contribution is 2.20. The average molecular weight is 321 g/mol. The first kappa shape index (κ1) is 13.7. The van der Waals surface area contributed by atoms with E-state index in [-0.39, 0.29) is 5.91 Å². The number of hydrogen-bond donors (Lipinski definition) is 1. The molecule has 0 aliphatic carbocycles. The molecule has 1 amide bonds. The molecule has 0 bridgehead atoms. The predicted molar refractivity (Wildman–Crippen MR) is 77.4 cm³/mol. The third-order valence-electron chi connectivity index (χ3n) is 2.69. The Balaban J connectivity index is 1.74. The highest BCUT2D eigenvalue weighted by Gasteiger charge is 2.12. The minimum absolute atomic E-state index is 0.251. The smallest absolute Gasteiger partial charge is 0.253 e. The van der Waals surface area contributed by atoms with Crippen LogP contribution in [0, 0.1) is 0 Å². The van der Waals surface area contributed by atoms with Crippen LogP contribution in [0.3, 0.4) is 0 Å². The summed E-state index contributed by atoms with van der Waals surface area (Å²) in [7, 11) is 0. The van der Waals surface area contributed by atoms with Crippen LogP contribution < -0.4 is 5.32 Å². The first-order valence-corrected chi connectivity index (χ1v) is 7.19. The zero-order valence-corrected chi connectivity index (χ0v) is 12.2. The molecule has 0 unspecified atom stereocenters. The van der Waals surface area contributed by atoms with Crippen LogP contribution in [-0.4, -0.2) is 31.1 Å². The van der Waals surface area contributed by atoms with Gasteiger partial charge < -0.3 is 5.32 Å². The molecule has 1 N–H and O–H groups in total. The number of aromatic nitrogens is 5. The molecule has 9 heteroatoms. The maximum Gasteiger partial charge on any atom is 0.253 e. The Bertz CT molecular complexity index is 743. The van der Waals surface area contributed by atoms with Crippen LogP contribution in [0.1, 0.15) is 15.4 Å². The third kappa shape index (κ3) is 3.06. The van der Waals surface area contributed by atoms with Crippen molar-refractivity contribution in [1.82, 2.24) is 30.5 Å². The molecule has 3 rings (SSSR count). The SMILES string of the molecule is O=C(NCc1nccs1)c1ccc(-n2cnnn2)cc1Cl. The molecule has 0 saturated carbocycles. The molecule has 2 heterocycles. The van der Waals surface area contributed by atoms with Gasteiger partial charge in [-0.1, -0.05) is 11.6 Å². The van der Waals surface area contributed by atoms with Crippen molar-refractivity contribution in [3.8, 4) is 5.69 Å². The molecule has 0 aliphatic rings. The Morgan fingerprint density at radius 1 is 1.43 bits per heavy atom. The number of nitrogens with zero attached hydrogens (tertiary/aromatic N) is 5. The molecule has 21 heavy (non-hydrogen) atoms. The van der Waals surface area contributed by atoms with Gasteiger partial charge in [-0.3, -0.25) is 4.79 Å². The standard InChI is InChI=1S/C12H9ClN6OS/c13-10-5-8(19-7-16-17-18-19)1-2-9(10)12(20)15-6-11-14-3-4-21-11/h1-5,7H,6H2,(H,15,20). The molecule has 0 saturated heterocycles. The van der Waals surface area contributed by atoms with E-state index >= 15 is 0 Å². The fraction of sp³-hybridized carbons (Fsp3) is 0.0833. The highest BCUT2D eigenvalue weighted by atomic mass is 35.5. The Morgan fingerprint density at radius 2 is 2.33 bits per heavy atom. The predicted octanol–water partition coefficient (Wildman–Crippen LogP) is 1.70.